The molecule has 1 heterocycles. The number of anilines is 1. The third-order valence-corrected chi connectivity index (χ3v) is 3.40. The van der Waals surface area contributed by atoms with Crippen molar-refractivity contribution < 1.29 is 9.47 Å². The average Bonchev–Trinajstić information content (AvgIpc) is 2.56. The summed E-state index contributed by atoms with van der Waals surface area (Å²) in [6, 6.07) is 17.8. The van der Waals surface area contributed by atoms with Gasteiger partial charge in [-0.1, -0.05) is 30.3 Å². The van der Waals surface area contributed by atoms with E-state index >= 15 is 0 Å². The van der Waals surface area contributed by atoms with E-state index in [0.29, 0.717) is 0 Å². The minimum absolute atomic E-state index is 0.222. The molecule has 0 spiro atoms. The SMILES string of the molecule is C1=COC(CNc2ccccc2Oc2ccccc2)CC1. The lowest BCUT2D eigenvalue weighted by Gasteiger charge is -2.21. The van der Waals surface area contributed by atoms with Gasteiger partial charge in [0.25, 0.3) is 0 Å². The minimum Gasteiger partial charge on any atom is -0.497 e. The second kappa shape index (κ2) is 6.84. The summed E-state index contributed by atoms with van der Waals surface area (Å²) in [5.74, 6) is 1.67. The van der Waals surface area contributed by atoms with E-state index in [9.17, 15) is 0 Å². The number of allylic oxidation sites excluding steroid dienone is 1. The lowest BCUT2D eigenvalue weighted by molar-refractivity contribution is 0.135. The molecule has 2 aromatic rings. The summed E-state index contributed by atoms with van der Waals surface area (Å²) in [7, 11) is 0. The molecule has 0 bridgehead atoms. The number of hydrogen-bond acceptors (Lipinski definition) is 3. The van der Waals surface area contributed by atoms with Gasteiger partial charge in [-0.3, -0.25) is 0 Å². The van der Waals surface area contributed by atoms with Crippen molar-refractivity contribution in [3.8, 4) is 11.5 Å². The van der Waals surface area contributed by atoms with Crippen LogP contribution in [-0.2, 0) is 4.74 Å². The van der Waals surface area contributed by atoms with Gasteiger partial charge in [0.2, 0.25) is 0 Å². The molecular formula is C18H19NO2. The molecule has 1 aliphatic heterocycles. The van der Waals surface area contributed by atoms with Crippen LogP contribution in [0.15, 0.2) is 66.9 Å². The third-order valence-electron chi connectivity index (χ3n) is 3.40. The van der Waals surface area contributed by atoms with Crippen LogP contribution >= 0.6 is 0 Å². The summed E-state index contributed by atoms with van der Waals surface area (Å²) in [6.45, 7) is 0.777. The van der Waals surface area contributed by atoms with Crippen molar-refractivity contribution in [3.05, 3.63) is 66.9 Å². The largest absolute Gasteiger partial charge is 0.497 e. The van der Waals surface area contributed by atoms with Crippen LogP contribution < -0.4 is 10.1 Å². The van der Waals surface area contributed by atoms with E-state index < -0.39 is 0 Å². The molecule has 108 valence electrons. The molecule has 1 atom stereocenters. The van der Waals surface area contributed by atoms with Crippen LogP contribution in [0.3, 0.4) is 0 Å². The Hall–Kier alpha value is -2.42. The lowest BCUT2D eigenvalue weighted by atomic mass is 10.1. The zero-order valence-corrected chi connectivity index (χ0v) is 11.9. The standard InChI is InChI=1S/C18H19NO2/c1-2-8-15(9-3-1)21-18-12-5-4-11-17(18)19-14-16-10-6-7-13-20-16/h1-5,7-9,11-13,16,19H,6,10,14H2. The molecule has 0 aromatic heterocycles. The van der Waals surface area contributed by atoms with E-state index in [1.54, 1.807) is 6.26 Å². The highest BCUT2D eigenvalue weighted by atomic mass is 16.5. The molecule has 0 radical (unpaired) electrons. The number of ether oxygens (including phenoxy) is 2. The van der Waals surface area contributed by atoms with Crippen LogP contribution in [0.5, 0.6) is 11.5 Å². The van der Waals surface area contributed by atoms with Crippen molar-refractivity contribution in [1.29, 1.82) is 0 Å². The van der Waals surface area contributed by atoms with Gasteiger partial charge >= 0.3 is 0 Å². The normalized spacial score (nSPS) is 17.0. The maximum atomic E-state index is 5.93. The van der Waals surface area contributed by atoms with E-state index in [0.717, 1.165) is 36.6 Å². The third kappa shape index (κ3) is 3.78. The molecule has 21 heavy (non-hydrogen) atoms. The van der Waals surface area contributed by atoms with Gasteiger partial charge in [0, 0.05) is 0 Å². The summed E-state index contributed by atoms with van der Waals surface area (Å²) < 4.78 is 11.5. The smallest absolute Gasteiger partial charge is 0.150 e. The molecule has 1 N–H and O–H groups in total. The van der Waals surface area contributed by atoms with Gasteiger partial charge in [0.05, 0.1) is 18.5 Å². The second-order valence-electron chi connectivity index (χ2n) is 5.00. The zero-order chi connectivity index (χ0) is 14.3. The number of nitrogens with one attached hydrogen (secondary N) is 1. The first-order valence-electron chi connectivity index (χ1n) is 7.28. The quantitative estimate of drug-likeness (QED) is 0.870. The molecule has 1 unspecified atom stereocenters. The summed E-state index contributed by atoms with van der Waals surface area (Å²) in [5, 5.41) is 3.42. The van der Waals surface area contributed by atoms with Crippen molar-refractivity contribution in [2.45, 2.75) is 18.9 Å². The van der Waals surface area contributed by atoms with Gasteiger partial charge in [-0.25, -0.2) is 0 Å². The van der Waals surface area contributed by atoms with Crippen molar-refractivity contribution in [1.82, 2.24) is 0 Å². The molecule has 0 aliphatic carbocycles. The molecule has 0 saturated carbocycles. The van der Waals surface area contributed by atoms with Gasteiger partial charge in [0.15, 0.2) is 5.75 Å². The van der Waals surface area contributed by atoms with Gasteiger partial charge in [-0.05, 0) is 43.2 Å². The van der Waals surface area contributed by atoms with Crippen LogP contribution in [0.4, 0.5) is 5.69 Å². The number of hydrogen-bond donors (Lipinski definition) is 1. The Kier molecular flexibility index (Phi) is 4.42. The molecule has 2 aromatic carbocycles. The Morgan fingerprint density at radius 1 is 1.05 bits per heavy atom. The predicted molar refractivity (Wildman–Crippen MR) is 84.7 cm³/mol. The first-order chi connectivity index (χ1) is 10.4. The number of benzene rings is 2. The van der Waals surface area contributed by atoms with Gasteiger partial charge in [-0.15, -0.1) is 0 Å². The van der Waals surface area contributed by atoms with Crippen LogP contribution in [0.1, 0.15) is 12.8 Å². The molecule has 3 nitrogen and oxygen atoms in total. The zero-order valence-electron chi connectivity index (χ0n) is 11.9. The molecule has 1 aliphatic rings. The molecule has 3 heteroatoms. The Bertz CT molecular complexity index is 595. The van der Waals surface area contributed by atoms with E-state index in [4.69, 9.17) is 9.47 Å². The van der Waals surface area contributed by atoms with Gasteiger partial charge < -0.3 is 14.8 Å². The second-order valence-corrected chi connectivity index (χ2v) is 5.00. The number of para-hydroxylation sites is 3. The average molecular weight is 281 g/mol. The molecular weight excluding hydrogens is 262 g/mol. The van der Waals surface area contributed by atoms with Crippen LogP contribution in [-0.4, -0.2) is 12.6 Å². The monoisotopic (exact) mass is 281 g/mol. The topological polar surface area (TPSA) is 30.5 Å². The first kappa shape index (κ1) is 13.6. The van der Waals surface area contributed by atoms with Crippen LogP contribution in [0.2, 0.25) is 0 Å². The van der Waals surface area contributed by atoms with E-state index in [2.05, 4.69) is 11.4 Å². The maximum absolute atomic E-state index is 5.93. The summed E-state index contributed by atoms with van der Waals surface area (Å²) in [5.41, 5.74) is 0.986. The predicted octanol–water partition coefficient (Wildman–Crippen LogP) is 4.58. The minimum atomic E-state index is 0.222. The first-order valence-corrected chi connectivity index (χ1v) is 7.28. The summed E-state index contributed by atoms with van der Waals surface area (Å²) in [4.78, 5) is 0. The van der Waals surface area contributed by atoms with E-state index in [1.807, 2.05) is 54.6 Å². The molecule has 0 fully saturated rings. The Morgan fingerprint density at radius 3 is 2.67 bits per heavy atom. The Balaban J connectivity index is 1.66. The highest BCUT2D eigenvalue weighted by Gasteiger charge is 2.12. The lowest BCUT2D eigenvalue weighted by Crippen LogP contribution is -2.23. The van der Waals surface area contributed by atoms with Crippen molar-refractivity contribution in [3.63, 3.8) is 0 Å². The molecule has 0 saturated heterocycles. The van der Waals surface area contributed by atoms with Crippen molar-refractivity contribution in [2.75, 3.05) is 11.9 Å². The van der Waals surface area contributed by atoms with Crippen molar-refractivity contribution in [2.24, 2.45) is 0 Å². The van der Waals surface area contributed by atoms with Gasteiger partial charge in [0.1, 0.15) is 11.9 Å². The molecule has 0 amide bonds. The van der Waals surface area contributed by atoms with E-state index in [1.165, 1.54) is 0 Å². The highest BCUT2D eigenvalue weighted by Crippen LogP contribution is 2.29. The van der Waals surface area contributed by atoms with E-state index in [-0.39, 0.29) is 6.10 Å². The Labute approximate surface area is 125 Å². The fraction of sp³-hybridized carbons (Fsp3) is 0.222. The fourth-order valence-electron chi connectivity index (χ4n) is 2.28. The summed E-state index contributed by atoms with van der Waals surface area (Å²) in [6.07, 6.45) is 6.20. The summed E-state index contributed by atoms with van der Waals surface area (Å²) >= 11 is 0. The van der Waals surface area contributed by atoms with Crippen LogP contribution in [0.25, 0.3) is 0 Å². The van der Waals surface area contributed by atoms with Gasteiger partial charge in [-0.2, -0.15) is 0 Å². The van der Waals surface area contributed by atoms with Crippen LogP contribution in [0, 0.1) is 0 Å². The van der Waals surface area contributed by atoms with Crippen molar-refractivity contribution >= 4 is 5.69 Å². The number of rotatable bonds is 5. The maximum Gasteiger partial charge on any atom is 0.150 e. The Morgan fingerprint density at radius 2 is 1.86 bits per heavy atom. The highest BCUT2D eigenvalue weighted by molar-refractivity contribution is 5.57. The fourth-order valence-corrected chi connectivity index (χ4v) is 2.28. The molecule has 3 rings (SSSR count).